The molecule has 2 nitrogen and oxygen atoms in total. The summed E-state index contributed by atoms with van der Waals surface area (Å²) in [7, 11) is 0. The van der Waals surface area contributed by atoms with Crippen molar-refractivity contribution in [2.75, 3.05) is 6.54 Å². The van der Waals surface area contributed by atoms with Gasteiger partial charge in [0.1, 0.15) is 0 Å². The lowest BCUT2D eigenvalue weighted by atomic mass is 10.1. The average molecular weight is 240 g/mol. The van der Waals surface area contributed by atoms with E-state index in [4.69, 9.17) is 0 Å². The Hall–Kier alpha value is -0.410. The summed E-state index contributed by atoms with van der Waals surface area (Å²) >= 11 is 1.79. The summed E-state index contributed by atoms with van der Waals surface area (Å²) in [5, 5.41) is 6.98. The second kappa shape index (κ2) is 7.02. The first-order valence-electron chi connectivity index (χ1n) is 6.24. The molecule has 0 aliphatic carbocycles. The first-order valence-corrected chi connectivity index (χ1v) is 7.12. The van der Waals surface area contributed by atoms with Crippen LogP contribution in [-0.2, 0) is 6.42 Å². The van der Waals surface area contributed by atoms with Crippen molar-refractivity contribution in [1.82, 2.24) is 10.3 Å². The number of hydrogen-bond acceptors (Lipinski definition) is 3. The molecule has 0 bridgehead atoms. The molecule has 16 heavy (non-hydrogen) atoms. The summed E-state index contributed by atoms with van der Waals surface area (Å²) in [4.78, 5) is 4.47. The number of hydrogen-bond donors (Lipinski definition) is 1. The van der Waals surface area contributed by atoms with E-state index in [1.54, 1.807) is 11.3 Å². The molecule has 1 N–H and O–H groups in total. The van der Waals surface area contributed by atoms with E-state index in [9.17, 15) is 0 Å². The van der Waals surface area contributed by atoms with Crippen LogP contribution in [-0.4, -0.2) is 17.6 Å². The Morgan fingerprint density at radius 3 is 2.62 bits per heavy atom. The molecule has 1 rings (SSSR count). The average Bonchev–Trinajstić information content (AvgIpc) is 2.63. The molecule has 0 spiro atoms. The second-order valence-corrected chi connectivity index (χ2v) is 5.77. The van der Waals surface area contributed by atoms with Crippen molar-refractivity contribution in [3.05, 3.63) is 16.1 Å². The third-order valence-corrected chi connectivity index (χ3v) is 3.98. The van der Waals surface area contributed by atoms with Crippen molar-refractivity contribution in [2.45, 2.75) is 53.0 Å². The number of aryl methyl sites for hydroxylation is 2. The highest BCUT2D eigenvalue weighted by Crippen LogP contribution is 2.11. The van der Waals surface area contributed by atoms with Crippen LogP contribution in [0.4, 0.5) is 0 Å². The van der Waals surface area contributed by atoms with Crippen molar-refractivity contribution < 1.29 is 0 Å². The van der Waals surface area contributed by atoms with E-state index in [1.165, 1.54) is 17.8 Å². The van der Waals surface area contributed by atoms with Gasteiger partial charge in [0, 0.05) is 17.1 Å². The summed E-state index contributed by atoms with van der Waals surface area (Å²) in [6.45, 7) is 9.97. The monoisotopic (exact) mass is 240 g/mol. The number of aromatic nitrogens is 1. The fraction of sp³-hybridized carbons (Fsp3) is 0.769. The minimum Gasteiger partial charge on any atom is -0.314 e. The summed E-state index contributed by atoms with van der Waals surface area (Å²) in [5.74, 6) is 0.724. The quantitative estimate of drug-likeness (QED) is 0.739. The lowest BCUT2D eigenvalue weighted by Crippen LogP contribution is -2.31. The highest BCUT2D eigenvalue weighted by Gasteiger charge is 2.05. The number of unbranched alkanes of at least 4 members (excludes halogenated alkanes) is 1. The number of rotatable bonds is 7. The third-order valence-electron chi connectivity index (χ3n) is 2.95. The summed E-state index contributed by atoms with van der Waals surface area (Å²) in [6.07, 6.45) is 3.62. The molecule has 0 aliphatic heterocycles. The Labute approximate surface area is 103 Å². The van der Waals surface area contributed by atoms with Gasteiger partial charge < -0.3 is 5.32 Å². The molecule has 0 amide bonds. The molecule has 0 fully saturated rings. The summed E-state index contributed by atoms with van der Waals surface area (Å²) in [6, 6.07) is 0.627. The SMILES string of the molecule is Cc1csc(CCCCNC(C)C(C)C)n1. The smallest absolute Gasteiger partial charge is 0.0928 e. The van der Waals surface area contributed by atoms with Gasteiger partial charge in [0.25, 0.3) is 0 Å². The van der Waals surface area contributed by atoms with Gasteiger partial charge in [0.2, 0.25) is 0 Å². The maximum absolute atomic E-state index is 4.47. The van der Waals surface area contributed by atoms with Gasteiger partial charge in [-0.1, -0.05) is 13.8 Å². The maximum Gasteiger partial charge on any atom is 0.0928 e. The molecule has 0 aliphatic rings. The van der Waals surface area contributed by atoms with E-state index in [0.717, 1.165) is 24.6 Å². The lowest BCUT2D eigenvalue weighted by Gasteiger charge is -2.16. The van der Waals surface area contributed by atoms with Crippen molar-refractivity contribution in [2.24, 2.45) is 5.92 Å². The molecule has 1 unspecified atom stereocenters. The van der Waals surface area contributed by atoms with Crippen LogP contribution >= 0.6 is 11.3 Å². The molecular weight excluding hydrogens is 216 g/mol. The van der Waals surface area contributed by atoms with Gasteiger partial charge in [-0.3, -0.25) is 0 Å². The zero-order chi connectivity index (χ0) is 12.0. The molecule has 1 aromatic rings. The van der Waals surface area contributed by atoms with Gasteiger partial charge in [-0.15, -0.1) is 11.3 Å². The zero-order valence-electron chi connectivity index (χ0n) is 10.9. The van der Waals surface area contributed by atoms with Gasteiger partial charge in [0.05, 0.1) is 5.01 Å². The normalized spacial score (nSPS) is 13.3. The van der Waals surface area contributed by atoms with Crippen molar-refractivity contribution in [3.63, 3.8) is 0 Å². The van der Waals surface area contributed by atoms with Crippen LogP contribution in [0.3, 0.4) is 0 Å². The number of nitrogens with zero attached hydrogens (tertiary/aromatic N) is 1. The van der Waals surface area contributed by atoms with E-state index in [1.807, 2.05) is 0 Å². The molecule has 3 heteroatoms. The van der Waals surface area contributed by atoms with Gasteiger partial charge in [-0.25, -0.2) is 4.98 Å². The van der Waals surface area contributed by atoms with Gasteiger partial charge in [-0.2, -0.15) is 0 Å². The minimum atomic E-state index is 0.627. The van der Waals surface area contributed by atoms with Crippen LogP contribution in [0.2, 0.25) is 0 Å². The molecule has 0 radical (unpaired) electrons. The molecule has 0 aromatic carbocycles. The van der Waals surface area contributed by atoms with Crippen molar-refractivity contribution in [3.8, 4) is 0 Å². The highest BCUT2D eigenvalue weighted by atomic mass is 32.1. The van der Waals surface area contributed by atoms with Gasteiger partial charge >= 0.3 is 0 Å². The number of thiazole rings is 1. The van der Waals surface area contributed by atoms with Crippen LogP contribution in [0.25, 0.3) is 0 Å². The van der Waals surface area contributed by atoms with Crippen molar-refractivity contribution >= 4 is 11.3 Å². The maximum atomic E-state index is 4.47. The molecule has 92 valence electrons. The fourth-order valence-corrected chi connectivity index (χ4v) is 2.30. The summed E-state index contributed by atoms with van der Waals surface area (Å²) < 4.78 is 0. The predicted molar refractivity (Wildman–Crippen MR) is 72.1 cm³/mol. The molecule has 1 aromatic heterocycles. The molecule has 0 saturated carbocycles. The summed E-state index contributed by atoms with van der Waals surface area (Å²) in [5.41, 5.74) is 1.16. The van der Waals surface area contributed by atoms with Crippen molar-refractivity contribution in [1.29, 1.82) is 0 Å². The Kier molecular flexibility index (Phi) is 5.99. The van der Waals surface area contributed by atoms with E-state index in [2.05, 4.69) is 43.4 Å². The van der Waals surface area contributed by atoms with E-state index >= 15 is 0 Å². The predicted octanol–water partition coefficient (Wildman–Crippen LogP) is 3.41. The standard InChI is InChI=1S/C13H24N2S/c1-10(2)12(4)14-8-6-5-7-13-15-11(3)9-16-13/h9-10,12,14H,5-8H2,1-4H3. The number of nitrogens with one attached hydrogen (secondary N) is 1. The largest absolute Gasteiger partial charge is 0.314 e. The van der Waals surface area contributed by atoms with Gasteiger partial charge in [-0.05, 0) is 45.6 Å². The van der Waals surface area contributed by atoms with Gasteiger partial charge in [0.15, 0.2) is 0 Å². The second-order valence-electron chi connectivity index (χ2n) is 4.83. The zero-order valence-corrected chi connectivity index (χ0v) is 11.7. The molecule has 1 atom stereocenters. The van der Waals surface area contributed by atoms with Crippen LogP contribution in [0.1, 0.15) is 44.3 Å². The molecular formula is C13H24N2S. The Bertz CT molecular complexity index is 294. The fourth-order valence-electron chi connectivity index (χ4n) is 1.48. The first-order chi connectivity index (χ1) is 7.59. The molecule has 1 heterocycles. The van der Waals surface area contributed by atoms with E-state index in [-0.39, 0.29) is 0 Å². The topological polar surface area (TPSA) is 24.9 Å². The Balaban J connectivity index is 2.04. The molecule has 0 saturated heterocycles. The van der Waals surface area contributed by atoms with E-state index in [0.29, 0.717) is 6.04 Å². The Morgan fingerprint density at radius 1 is 1.31 bits per heavy atom. The first kappa shape index (κ1) is 13.7. The third kappa shape index (κ3) is 5.08. The van der Waals surface area contributed by atoms with E-state index < -0.39 is 0 Å². The van der Waals surface area contributed by atoms with Crippen LogP contribution < -0.4 is 5.32 Å². The minimum absolute atomic E-state index is 0.627. The van der Waals surface area contributed by atoms with Crippen LogP contribution in [0.15, 0.2) is 5.38 Å². The van der Waals surface area contributed by atoms with Crippen LogP contribution in [0.5, 0.6) is 0 Å². The Morgan fingerprint density at radius 2 is 2.06 bits per heavy atom. The lowest BCUT2D eigenvalue weighted by molar-refractivity contribution is 0.422. The van der Waals surface area contributed by atoms with Crippen LogP contribution in [0, 0.1) is 12.8 Å². The highest BCUT2D eigenvalue weighted by molar-refractivity contribution is 7.09.